The fourth-order valence-corrected chi connectivity index (χ4v) is 2.94. The second kappa shape index (κ2) is 5.96. The fraction of sp³-hybridized carbons (Fsp3) is 1.00. The summed E-state index contributed by atoms with van der Waals surface area (Å²) in [4.78, 5) is 0. The first-order valence-corrected chi connectivity index (χ1v) is 6.50. The maximum Gasteiger partial charge on any atom is 0.0591 e. The number of ether oxygens (including phenoxy) is 2. The largest absolute Gasteiger partial charge is 0.378 e. The molecule has 0 aromatic rings. The molecule has 4 unspecified atom stereocenters. The van der Waals surface area contributed by atoms with Crippen LogP contribution in [0.3, 0.4) is 0 Å². The summed E-state index contributed by atoms with van der Waals surface area (Å²) in [6.45, 7) is 3.96. The van der Waals surface area contributed by atoms with E-state index in [9.17, 15) is 0 Å². The van der Waals surface area contributed by atoms with Crippen LogP contribution in [0.5, 0.6) is 0 Å². The van der Waals surface area contributed by atoms with Crippen LogP contribution in [-0.2, 0) is 9.47 Å². The van der Waals surface area contributed by atoms with Gasteiger partial charge >= 0.3 is 0 Å². The first-order valence-electron chi connectivity index (χ1n) is 6.50. The molecule has 2 heterocycles. The Bertz CT molecular complexity index is 207. The van der Waals surface area contributed by atoms with E-state index >= 15 is 0 Å². The van der Waals surface area contributed by atoms with Gasteiger partial charge in [-0.3, -0.25) is 11.3 Å². The average Bonchev–Trinajstić information content (AvgIpc) is 2.92. The van der Waals surface area contributed by atoms with E-state index in [4.69, 9.17) is 15.3 Å². The molecular weight excluding hydrogens is 204 g/mol. The highest BCUT2D eigenvalue weighted by Gasteiger charge is 2.31. The van der Waals surface area contributed by atoms with Gasteiger partial charge in [0, 0.05) is 25.2 Å². The van der Waals surface area contributed by atoms with E-state index in [1.807, 2.05) is 0 Å². The van der Waals surface area contributed by atoms with Crippen molar-refractivity contribution in [1.82, 2.24) is 5.43 Å². The van der Waals surface area contributed by atoms with E-state index in [0.29, 0.717) is 24.2 Å². The van der Waals surface area contributed by atoms with Crippen LogP contribution < -0.4 is 11.3 Å². The van der Waals surface area contributed by atoms with Crippen molar-refractivity contribution in [1.29, 1.82) is 0 Å². The summed E-state index contributed by atoms with van der Waals surface area (Å²) >= 11 is 0. The molecule has 94 valence electrons. The number of nitrogens with one attached hydrogen (secondary N) is 1. The van der Waals surface area contributed by atoms with Gasteiger partial charge in [0.1, 0.15) is 0 Å². The summed E-state index contributed by atoms with van der Waals surface area (Å²) in [5, 5.41) is 0. The van der Waals surface area contributed by atoms with Gasteiger partial charge in [-0.1, -0.05) is 0 Å². The second-order valence-electron chi connectivity index (χ2n) is 5.01. The van der Waals surface area contributed by atoms with Gasteiger partial charge in [-0.05, 0) is 39.0 Å². The number of hydrazine groups is 1. The minimum atomic E-state index is 0.338. The van der Waals surface area contributed by atoms with Crippen LogP contribution in [0.4, 0.5) is 0 Å². The predicted octanol–water partition coefficient (Wildman–Crippen LogP) is 1.20. The molecule has 2 aliphatic rings. The molecule has 0 amide bonds. The quantitative estimate of drug-likeness (QED) is 0.548. The lowest BCUT2D eigenvalue weighted by Gasteiger charge is -2.26. The molecule has 3 N–H and O–H groups in total. The Kier molecular flexibility index (Phi) is 4.58. The van der Waals surface area contributed by atoms with Crippen molar-refractivity contribution < 1.29 is 9.47 Å². The van der Waals surface area contributed by atoms with Crippen LogP contribution in [0, 0.1) is 5.92 Å². The molecule has 0 aliphatic carbocycles. The lowest BCUT2D eigenvalue weighted by Crippen LogP contribution is -2.43. The van der Waals surface area contributed by atoms with Crippen LogP contribution in [-0.4, -0.2) is 31.5 Å². The summed E-state index contributed by atoms with van der Waals surface area (Å²) in [6.07, 6.45) is 6.58. The van der Waals surface area contributed by atoms with Gasteiger partial charge in [0.25, 0.3) is 0 Å². The van der Waals surface area contributed by atoms with Gasteiger partial charge in [0.2, 0.25) is 0 Å². The van der Waals surface area contributed by atoms with Crippen LogP contribution in [0.2, 0.25) is 0 Å². The van der Waals surface area contributed by atoms with Crippen molar-refractivity contribution in [2.45, 2.75) is 57.3 Å². The molecule has 4 atom stereocenters. The fourth-order valence-electron chi connectivity index (χ4n) is 2.94. The van der Waals surface area contributed by atoms with Gasteiger partial charge in [-0.2, -0.15) is 0 Å². The maximum atomic E-state index is 5.65. The van der Waals surface area contributed by atoms with E-state index in [0.717, 1.165) is 32.5 Å². The third kappa shape index (κ3) is 2.94. The van der Waals surface area contributed by atoms with E-state index in [1.54, 1.807) is 0 Å². The number of hydrogen-bond donors (Lipinski definition) is 2. The second-order valence-corrected chi connectivity index (χ2v) is 5.01. The first-order chi connectivity index (χ1) is 7.81. The highest BCUT2D eigenvalue weighted by Crippen LogP contribution is 2.27. The van der Waals surface area contributed by atoms with Gasteiger partial charge in [-0.15, -0.1) is 0 Å². The molecule has 4 heteroatoms. The minimum absolute atomic E-state index is 0.338. The molecule has 0 aromatic heterocycles. The molecule has 0 bridgehead atoms. The number of rotatable bonds is 5. The lowest BCUT2D eigenvalue weighted by molar-refractivity contribution is 0.0807. The van der Waals surface area contributed by atoms with Crippen molar-refractivity contribution in [3.05, 3.63) is 0 Å². The zero-order valence-electron chi connectivity index (χ0n) is 10.2. The summed E-state index contributed by atoms with van der Waals surface area (Å²) in [7, 11) is 0. The van der Waals surface area contributed by atoms with Crippen molar-refractivity contribution >= 4 is 0 Å². The molecule has 0 radical (unpaired) electrons. The number of hydrogen-bond acceptors (Lipinski definition) is 4. The Hall–Kier alpha value is -0.160. The van der Waals surface area contributed by atoms with E-state index in [-0.39, 0.29) is 0 Å². The molecule has 0 aromatic carbocycles. The SMILES string of the molecule is CC1OCCC1C(CCC1CCCO1)NN. The summed E-state index contributed by atoms with van der Waals surface area (Å²) in [5.41, 5.74) is 2.96. The van der Waals surface area contributed by atoms with Gasteiger partial charge in [0.15, 0.2) is 0 Å². The summed E-state index contributed by atoms with van der Waals surface area (Å²) < 4.78 is 11.2. The zero-order valence-corrected chi connectivity index (χ0v) is 10.2. The zero-order chi connectivity index (χ0) is 11.4. The Morgan fingerprint density at radius 3 is 2.75 bits per heavy atom. The third-order valence-corrected chi connectivity index (χ3v) is 3.99. The Morgan fingerprint density at radius 2 is 2.19 bits per heavy atom. The smallest absolute Gasteiger partial charge is 0.0591 e. The minimum Gasteiger partial charge on any atom is -0.378 e. The van der Waals surface area contributed by atoms with E-state index in [1.165, 1.54) is 12.8 Å². The Labute approximate surface area is 97.8 Å². The van der Waals surface area contributed by atoms with Crippen molar-refractivity contribution in [2.24, 2.45) is 11.8 Å². The molecule has 2 aliphatic heterocycles. The molecule has 0 spiro atoms. The van der Waals surface area contributed by atoms with Crippen molar-refractivity contribution in [3.8, 4) is 0 Å². The predicted molar refractivity (Wildman–Crippen MR) is 62.8 cm³/mol. The third-order valence-electron chi connectivity index (χ3n) is 3.99. The molecule has 2 rings (SSSR count). The van der Waals surface area contributed by atoms with Gasteiger partial charge in [-0.25, -0.2) is 0 Å². The van der Waals surface area contributed by atoms with Crippen LogP contribution >= 0.6 is 0 Å². The van der Waals surface area contributed by atoms with Crippen molar-refractivity contribution in [3.63, 3.8) is 0 Å². The highest BCUT2D eigenvalue weighted by molar-refractivity contribution is 4.84. The van der Waals surface area contributed by atoms with E-state index < -0.39 is 0 Å². The molecule has 4 nitrogen and oxygen atoms in total. The standard InChI is InChI=1S/C12H24N2O2/c1-9-11(6-8-15-9)12(14-13)5-4-10-3-2-7-16-10/h9-12,14H,2-8,13H2,1H3. The molecule has 2 saturated heterocycles. The molecule has 2 fully saturated rings. The molecular formula is C12H24N2O2. The first kappa shape index (κ1) is 12.3. The Balaban J connectivity index is 1.75. The highest BCUT2D eigenvalue weighted by atomic mass is 16.5. The van der Waals surface area contributed by atoms with Gasteiger partial charge < -0.3 is 9.47 Å². The van der Waals surface area contributed by atoms with Crippen molar-refractivity contribution in [2.75, 3.05) is 13.2 Å². The molecule has 16 heavy (non-hydrogen) atoms. The molecule has 0 saturated carbocycles. The normalized spacial score (nSPS) is 36.8. The van der Waals surface area contributed by atoms with Crippen LogP contribution in [0.15, 0.2) is 0 Å². The van der Waals surface area contributed by atoms with E-state index in [2.05, 4.69) is 12.3 Å². The topological polar surface area (TPSA) is 56.5 Å². The lowest BCUT2D eigenvalue weighted by atomic mass is 9.90. The van der Waals surface area contributed by atoms with Crippen LogP contribution in [0.1, 0.15) is 39.0 Å². The summed E-state index contributed by atoms with van der Waals surface area (Å²) in [6, 6.07) is 0.377. The number of nitrogens with two attached hydrogens (primary N) is 1. The average molecular weight is 228 g/mol. The maximum absolute atomic E-state index is 5.65. The summed E-state index contributed by atoms with van der Waals surface area (Å²) in [5.74, 6) is 6.21. The van der Waals surface area contributed by atoms with Gasteiger partial charge in [0.05, 0.1) is 12.2 Å². The Morgan fingerprint density at radius 1 is 1.31 bits per heavy atom. The monoisotopic (exact) mass is 228 g/mol. The van der Waals surface area contributed by atoms with Crippen LogP contribution in [0.25, 0.3) is 0 Å².